The molecule has 0 unspecified atom stereocenters. The smallest absolute Gasteiger partial charge is 0.282 e. The highest BCUT2D eigenvalue weighted by Gasteiger charge is 2.21. The number of hydrogen-bond acceptors (Lipinski definition) is 4. The predicted molar refractivity (Wildman–Crippen MR) is 71.2 cm³/mol. The van der Waals surface area contributed by atoms with Crippen LogP contribution in [-0.4, -0.2) is 22.5 Å². The number of aromatic hydroxyl groups is 1. The lowest BCUT2D eigenvalue weighted by molar-refractivity contribution is -0.385. The van der Waals surface area contributed by atoms with Crippen LogP contribution in [0.5, 0.6) is 5.75 Å². The van der Waals surface area contributed by atoms with Crippen molar-refractivity contribution in [1.29, 1.82) is 0 Å². The summed E-state index contributed by atoms with van der Waals surface area (Å²) in [7, 11) is 0. The highest BCUT2D eigenvalue weighted by molar-refractivity contribution is 5.98. The van der Waals surface area contributed by atoms with Crippen LogP contribution in [0.2, 0.25) is 0 Å². The van der Waals surface area contributed by atoms with Gasteiger partial charge < -0.3 is 10.4 Å². The summed E-state index contributed by atoms with van der Waals surface area (Å²) in [5.74, 6) is -0.354. The highest BCUT2D eigenvalue weighted by atomic mass is 16.6. The van der Waals surface area contributed by atoms with E-state index in [1.165, 1.54) is 6.07 Å². The predicted octanol–water partition coefficient (Wildman–Crippen LogP) is 2.47. The van der Waals surface area contributed by atoms with Gasteiger partial charge in [0.2, 0.25) is 0 Å². The fraction of sp³-hybridized carbons (Fsp3) is 0.462. The van der Waals surface area contributed by atoms with Crippen molar-refractivity contribution in [2.75, 3.05) is 6.54 Å². The molecule has 6 heteroatoms. The number of carbonyl (C=O) groups is 1. The first-order chi connectivity index (χ1) is 8.99. The minimum Gasteiger partial charge on any atom is -0.508 e. The van der Waals surface area contributed by atoms with Crippen LogP contribution >= 0.6 is 0 Å². The summed E-state index contributed by atoms with van der Waals surface area (Å²) in [6, 6.07) is 3.43. The number of nitrogens with zero attached hydrogens (tertiary/aromatic N) is 1. The summed E-state index contributed by atoms with van der Waals surface area (Å²) in [6.07, 6.45) is 1.86. The fourth-order valence-electron chi connectivity index (χ4n) is 1.77. The number of amides is 1. The fourth-order valence-corrected chi connectivity index (χ4v) is 1.77. The van der Waals surface area contributed by atoms with Crippen molar-refractivity contribution in [2.24, 2.45) is 5.92 Å². The van der Waals surface area contributed by atoms with Gasteiger partial charge >= 0.3 is 0 Å². The van der Waals surface area contributed by atoms with E-state index in [2.05, 4.69) is 5.32 Å². The normalized spacial score (nSPS) is 10.5. The summed E-state index contributed by atoms with van der Waals surface area (Å²) in [5.41, 5.74) is -0.421. The minimum absolute atomic E-state index is 0.115. The van der Waals surface area contributed by atoms with Crippen molar-refractivity contribution in [3.8, 4) is 5.75 Å². The SMILES string of the molecule is CCC(CC)CNC(=O)c1cc(O)ccc1[N+](=O)[O-]. The second kappa shape index (κ2) is 6.72. The Bertz CT molecular complexity index is 470. The van der Waals surface area contributed by atoms with E-state index in [1.807, 2.05) is 13.8 Å². The molecule has 0 radical (unpaired) electrons. The summed E-state index contributed by atoms with van der Waals surface area (Å²) in [6.45, 7) is 4.52. The molecule has 0 saturated carbocycles. The van der Waals surface area contributed by atoms with Crippen LogP contribution in [0.1, 0.15) is 37.0 Å². The number of nitrogens with one attached hydrogen (secondary N) is 1. The number of nitro groups is 1. The molecule has 0 saturated heterocycles. The van der Waals surface area contributed by atoms with Gasteiger partial charge in [-0.3, -0.25) is 14.9 Å². The van der Waals surface area contributed by atoms with E-state index in [1.54, 1.807) is 0 Å². The quantitative estimate of drug-likeness (QED) is 0.611. The maximum atomic E-state index is 11.9. The van der Waals surface area contributed by atoms with Crippen LogP contribution in [0.25, 0.3) is 0 Å². The maximum absolute atomic E-state index is 11.9. The third-order valence-electron chi connectivity index (χ3n) is 3.13. The molecule has 1 rings (SSSR count). The molecule has 1 amide bonds. The van der Waals surface area contributed by atoms with Gasteiger partial charge in [0, 0.05) is 12.6 Å². The Labute approximate surface area is 111 Å². The first-order valence-electron chi connectivity index (χ1n) is 6.25. The molecular formula is C13H18N2O4. The van der Waals surface area contributed by atoms with Crippen molar-refractivity contribution in [3.05, 3.63) is 33.9 Å². The van der Waals surface area contributed by atoms with E-state index in [0.29, 0.717) is 12.5 Å². The Kier molecular flexibility index (Phi) is 5.29. The standard InChI is InChI=1S/C13H18N2O4/c1-3-9(4-2)8-14-13(17)11-7-10(16)5-6-12(11)15(18)19/h5-7,9,16H,3-4,8H2,1-2H3,(H,14,17). The third-order valence-corrected chi connectivity index (χ3v) is 3.13. The van der Waals surface area contributed by atoms with Gasteiger partial charge in [0.05, 0.1) is 4.92 Å². The van der Waals surface area contributed by atoms with E-state index in [9.17, 15) is 20.0 Å². The second-order valence-corrected chi connectivity index (χ2v) is 4.35. The molecule has 2 N–H and O–H groups in total. The van der Waals surface area contributed by atoms with Crippen LogP contribution < -0.4 is 5.32 Å². The average molecular weight is 266 g/mol. The summed E-state index contributed by atoms with van der Waals surface area (Å²) >= 11 is 0. The van der Waals surface area contributed by atoms with E-state index in [0.717, 1.165) is 25.0 Å². The Morgan fingerprint density at radius 2 is 2.05 bits per heavy atom. The van der Waals surface area contributed by atoms with Crippen LogP contribution in [0.4, 0.5) is 5.69 Å². The first kappa shape index (κ1) is 14.9. The number of phenolic OH excluding ortho intramolecular Hbond substituents is 1. The van der Waals surface area contributed by atoms with Gasteiger partial charge in [0.1, 0.15) is 11.3 Å². The maximum Gasteiger partial charge on any atom is 0.282 e. The summed E-state index contributed by atoms with van der Waals surface area (Å²) < 4.78 is 0. The van der Waals surface area contributed by atoms with Crippen LogP contribution in [0.3, 0.4) is 0 Å². The van der Waals surface area contributed by atoms with Gasteiger partial charge in [-0.25, -0.2) is 0 Å². The van der Waals surface area contributed by atoms with Gasteiger partial charge in [0.15, 0.2) is 0 Å². The van der Waals surface area contributed by atoms with E-state index in [-0.39, 0.29) is 17.0 Å². The summed E-state index contributed by atoms with van der Waals surface area (Å²) in [4.78, 5) is 22.1. The largest absolute Gasteiger partial charge is 0.508 e. The highest BCUT2D eigenvalue weighted by Crippen LogP contribution is 2.23. The van der Waals surface area contributed by atoms with E-state index >= 15 is 0 Å². The van der Waals surface area contributed by atoms with Crippen molar-refractivity contribution in [1.82, 2.24) is 5.32 Å². The van der Waals surface area contributed by atoms with E-state index in [4.69, 9.17) is 0 Å². The van der Waals surface area contributed by atoms with Crippen LogP contribution in [-0.2, 0) is 0 Å². The Morgan fingerprint density at radius 3 is 2.58 bits per heavy atom. The van der Waals surface area contributed by atoms with Gasteiger partial charge in [-0.1, -0.05) is 26.7 Å². The van der Waals surface area contributed by atoms with Crippen molar-refractivity contribution in [2.45, 2.75) is 26.7 Å². The minimum atomic E-state index is -0.633. The molecule has 0 fully saturated rings. The number of rotatable bonds is 6. The monoisotopic (exact) mass is 266 g/mol. The summed E-state index contributed by atoms with van der Waals surface area (Å²) in [5, 5.41) is 22.8. The Balaban J connectivity index is 2.87. The Morgan fingerprint density at radius 1 is 1.42 bits per heavy atom. The van der Waals surface area contributed by atoms with Crippen LogP contribution in [0.15, 0.2) is 18.2 Å². The number of nitro benzene ring substituents is 1. The molecule has 19 heavy (non-hydrogen) atoms. The zero-order valence-electron chi connectivity index (χ0n) is 11.0. The number of phenols is 1. The Hall–Kier alpha value is -2.11. The van der Waals surface area contributed by atoms with E-state index < -0.39 is 10.8 Å². The molecule has 0 aliphatic rings. The second-order valence-electron chi connectivity index (χ2n) is 4.35. The number of benzene rings is 1. The molecule has 1 aromatic rings. The number of hydrogen-bond donors (Lipinski definition) is 2. The molecule has 0 aliphatic carbocycles. The molecule has 0 spiro atoms. The molecule has 0 heterocycles. The van der Waals surface area contributed by atoms with Crippen LogP contribution in [0, 0.1) is 16.0 Å². The van der Waals surface area contributed by atoms with Crippen molar-refractivity contribution in [3.63, 3.8) is 0 Å². The molecule has 0 aliphatic heterocycles. The molecule has 0 bridgehead atoms. The zero-order chi connectivity index (χ0) is 14.4. The number of carbonyl (C=O) groups excluding carboxylic acids is 1. The van der Waals surface area contributed by atoms with Gasteiger partial charge in [-0.2, -0.15) is 0 Å². The third kappa shape index (κ3) is 3.94. The van der Waals surface area contributed by atoms with Gasteiger partial charge in [-0.05, 0) is 18.1 Å². The van der Waals surface area contributed by atoms with Gasteiger partial charge in [-0.15, -0.1) is 0 Å². The molecule has 0 atom stereocenters. The van der Waals surface area contributed by atoms with Gasteiger partial charge in [0.25, 0.3) is 11.6 Å². The zero-order valence-corrected chi connectivity index (χ0v) is 11.0. The molecule has 104 valence electrons. The molecule has 0 aromatic heterocycles. The lowest BCUT2D eigenvalue weighted by Crippen LogP contribution is -2.29. The topological polar surface area (TPSA) is 92.5 Å². The molecule has 1 aromatic carbocycles. The molecular weight excluding hydrogens is 248 g/mol. The van der Waals surface area contributed by atoms with Crippen molar-refractivity contribution >= 4 is 11.6 Å². The lowest BCUT2D eigenvalue weighted by Gasteiger charge is -2.13. The lowest BCUT2D eigenvalue weighted by atomic mass is 10.0. The first-order valence-corrected chi connectivity index (χ1v) is 6.25. The molecule has 6 nitrogen and oxygen atoms in total. The average Bonchev–Trinajstić information content (AvgIpc) is 2.39. The van der Waals surface area contributed by atoms with Crippen molar-refractivity contribution < 1.29 is 14.8 Å².